The molecule has 54 heavy (non-hydrogen) atoms. The van der Waals surface area contributed by atoms with Crippen LogP contribution in [0.1, 0.15) is 68.4 Å². The number of anilines is 1. The number of ether oxygens (including phenoxy) is 3. The second kappa shape index (κ2) is 20.2. The molecule has 4 aromatic carbocycles. The first-order chi connectivity index (χ1) is 25.4. The largest absolute Gasteiger partial charge is 0.492 e. The Kier molecular flexibility index (Phi) is 16.0. The maximum Gasteiger partial charge on any atom is 0.256 e. The molecule has 5 rings (SSSR count). The van der Waals surface area contributed by atoms with Crippen LogP contribution in [-0.2, 0) is 27.3 Å². The van der Waals surface area contributed by atoms with Crippen LogP contribution in [0.25, 0.3) is 0 Å². The lowest BCUT2D eigenvalue weighted by molar-refractivity contribution is -0.138. The molecule has 0 aliphatic carbocycles. The van der Waals surface area contributed by atoms with Gasteiger partial charge < -0.3 is 29.7 Å². The molecule has 0 fully saturated rings. The van der Waals surface area contributed by atoms with Crippen LogP contribution in [-0.4, -0.2) is 51.3 Å². The minimum absolute atomic E-state index is 0. The Morgan fingerprint density at radius 2 is 1.65 bits per heavy atom. The van der Waals surface area contributed by atoms with Gasteiger partial charge in [-0.15, -0.1) is 12.4 Å². The first-order valence-corrected chi connectivity index (χ1v) is 18.7. The van der Waals surface area contributed by atoms with Crippen molar-refractivity contribution in [2.24, 2.45) is 5.41 Å². The van der Waals surface area contributed by atoms with Crippen LogP contribution in [0, 0.1) is 11.2 Å². The quantitative estimate of drug-likeness (QED) is 0.110. The van der Waals surface area contributed by atoms with Crippen molar-refractivity contribution in [2.45, 2.75) is 65.2 Å². The van der Waals surface area contributed by atoms with E-state index in [0.29, 0.717) is 52.1 Å². The molecule has 290 valence electrons. The number of rotatable bonds is 16. The standard InChI is InChI=1S/C42H48Cl2FN3O5.ClH/c1-42(2,3)27-48-35-20-19-30(43)24-32(35)39(53-37(41(48)50)25-38(49)47-26-29-13-6-8-17-34(29)45)31-15-9-18-36(40(31)51-4)52-23-11-22-46-21-10-14-28-12-5-7-16-33(28)44;/h5-9,12-13,15-20,24,37,39,46H,10-11,14,21-23,25-27H2,1-4H3,(H,47,49);1H/t37-,39-;/m1./s1. The molecule has 0 saturated heterocycles. The molecule has 1 heterocycles. The van der Waals surface area contributed by atoms with Gasteiger partial charge in [0, 0.05) is 45.5 Å². The minimum Gasteiger partial charge on any atom is -0.492 e. The molecule has 0 bridgehead atoms. The number of hydrogen-bond donors (Lipinski definition) is 2. The number of methoxy groups -OCH3 is 1. The average Bonchev–Trinajstić information content (AvgIpc) is 3.22. The maximum atomic E-state index is 14.3. The molecule has 2 atom stereocenters. The fraction of sp³-hybridized carbons (Fsp3) is 0.381. The van der Waals surface area contributed by atoms with Gasteiger partial charge in [-0.1, -0.05) is 92.5 Å². The molecule has 0 spiro atoms. The number of aryl methyl sites for hydroxylation is 1. The Bertz CT molecular complexity index is 1870. The Morgan fingerprint density at radius 3 is 2.37 bits per heavy atom. The first-order valence-electron chi connectivity index (χ1n) is 18.0. The monoisotopic (exact) mass is 799 g/mol. The number of benzene rings is 4. The molecule has 2 N–H and O–H groups in total. The number of para-hydroxylation sites is 1. The summed E-state index contributed by atoms with van der Waals surface area (Å²) in [7, 11) is 1.56. The summed E-state index contributed by atoms with van der Waals surface area (Å²) in [6.07, 6.45) is 0.335. The fourth-order valence-corrected chi connectivity index (χ4v) is 6.75. The lowest BCUT2D eigenvalue weighted by Crippen LogP contribution is -2.45. The van der Waals surface area contributed by atoms with Gasteiger partial charge in [0.15, 0.2) is 11.5 Å². The predicted octanol–water partition coefficient (Wildman–Crippen LogP) is 9.13. The highest BCUT2D eigenvalue weighted by Crippen LogP contribution is 2.45. The average molecular weight is 801 g/mol. The molecule has 8 nitrogen and oxygen atoms in total. The van der Waals surface area contributed by atoms with Gasteiger partial charge >= 0.3 is 0 Å². The molecule has 0 aromatic heterocycles. The summed E-state index contributed by atoms with van der Waals surface area (Å²) in [6.45, 7) is 8.52. The van der Waals surface area contributed by atoms with Crippen molar-refractivity contribution in [1.82, 2.24) is 10.6 Å². The summed E-state index contributed by atoms with van der Waals surface area (Å²) < 4.78 is 33.2. The van der Waals surface area contributed by atoms with Crippen LogP contribution in [0.2, 0.25) is 10.0 Å². The van der Waals surface area contributed by atoms with Crippen LogP contribution < -0.4 is 25.0 Å². The van der Waals surface area contributed by atoms with Gasteiger partial charge in [-0.05, 0) is 79.7 Å². The number of amides is 2. The molecule has 2 amide bonds. The molecule has 0 saturated carbocycles. The normalized spacial score (nSPS) is 15.5. The van der Waals surface area contributed by atoms with E-state index >= 15 is 0 Å². The highest BCUT2D eigenvalue weighted by molar-refractivity contribution is 6.31. The third kappa shape index (κ3) is 11.6. The molecule has 0 radical (unpaired) electrons. The number of nitrogens with one attached hydrogen (secondary N) is 2. The van der Waals surface area contributed by atoms with Crippen LogP contribution >= 0.6 is 35.6 Å². The van der Waals surface area contributed by atoms with E-state index in [9.17, 15) is 14.0 Å². The minimum atomic E-state index is -1.17. The zero-order valence-corrected chi connectivity index (χ0v) is 33.5. The maximum absolute atomic E-state index is 14.3. The third-order valence-electron chi connectivity index (χ3n) is 8.85. The van der Waals surface area contributed by atoms with Crippen molar-refractivity contribution in [1.29, 1.82) is 0 Å². The Balaban J connectivity index is 0.00000650. The summed E-state index contributed by atoms with van der Waals surface area (Å²) in [5.74, 6) is -0.259. The lowest BCUT2D eigenvalue weighted by atomic mass is 9.94. The van der Waals surface area contributed by atoms with E-state index in [-0.39, 0.29) is 36.7 Å². The van der Waals surface area contributed by atoms with Crippen LogP contribution in [0.15, 0.2) is 84.9 Å². The lowest BCUT2D eigenvalue weighted by Gasteiger charge is -2.31. The van der Waals surface area contributed by atoms with E-state index in [2.05, 4.69) is 16.7 Å². The summed E-state index contributed by atoms with van der Waals surface area (Å²) in [6, 6.07) is 25.0. The second-order valence-electron chi connectivity index (χ2n) is 14.3. The van der Waals surface area contributed by atoms with Crippen LogP contribution in [0.5, 0.6) is 11.5 Å². The van der Waals surface area contributed by atoms with Crippen LogP contribution in [0.4, 0.5) is 10.1 Å². The molecule has 1 aliphatic heterocycles. The third-order valence-corrected chi connectivity index (χ3v) is 9.45. The number of hydrogen-bond acceptors (Lipinski definition) is 6. The predicted molar refractivity (Wildman–Crippen MR) is 216 cm³/mol. The van der Waals surface area contributed by atoms with Crippen molar-refractivity contribution in [3.05, 3.63) is 123 Å². The van der Waals surface area contributed by atoms with Crippen LogP contribution in [0.3, 0.4) is 0 Å². The van der Waals surface area contributed by atoms with E-state index in [1.54, 1.807) is 42.3 Å². The Morgan fingerprint density at radius 1 is 0.926 bits per heavy atom. The fourth-order valence-electron chi connectivity index (χ4n) is 6.34. The van der Waals surface area contributed by atoms with Gasteiger partial charge in [0.2, 0.25) is 5.91 Å². The van der Waals surface area contributed by atoms with Gasteiger partial charge in [0.25, 0.3) is 5.91 Å². The van der Waals surface area contributed by atoms with Crippen molar-refractivity contribution in [3.8, 4) is 11.5 Å². The number of carbonyl (C=O) groups is 2. The Hall–Kier alpha value is -3.86. The van der Waals surface area contributed by atoms with Crippen molar-refractivity contribution < 1.29 is 28.2 Å². The first kappa shape index (κ1) is 42.9. The summed E-state index contributed by atoms with van der Waals surface area (Å²) in [5, 5.41) is 7.48. The van der Waals surface area contributed by atoms with Crippen molar-refractivity contribution in [3.63, 3.8) is 0 Å². The van der Waals surface area contributed by atoms with E-state index in [4.69, 9.17) is 37.4 Å². The Labute approximate surface area is 334 Å². The number of nitrogens with zero attached hydrogens (tertiary/aromatic N) is 1. The molecular weight excluding hydrogens is 752 g/mol. The molecule has 4 aromatic rings. The molecule has 1 aliphatic rings. The van der Waals surface area contributed by atoms with E-state index in [0.717, 1.165) is 42.9 Å². The van der Waals surface area contributed by atoms with E-state index in [1.807, 2.05) is 63.2 Å². The van der Waals surface area contributed by atoms with E-state index < -0.39 is 23.9 Å². The summed E-state index contributed by atoms with van der Waals surface area (Å²) in [4.78, 5) is 29.4. The van der Waals surface area contributed by atoms with Gasteiger partial charge in [0.05, 0.1) is 20.1 Å². The zero-order chi connectivity index (χ0) is 38.0. The SMILES string of the molecule is COc1c(OCCCNCCCc2ccccc2Cl)cccc1[C@H]1O[C@H](CC(=O)NCc2ccccc2F)C(=O)N(CC(C)(C)C)c2ccc(Cl)cc21.Cl. The van der Waals surface area contributed by atoms with Gasteiger partial charge in [-0.2, -0.15) is 0 Å². The molecule has 12 heteroatoms. The van der Waals surface area contributed by atoms with Gasteiger partial charge in [0.1, 0.15) is 18.0 Å². The number of halogens is 4. The summed E-state index contributed by atoms with van der Waals surface area (Å²) >= 11 is 12.9. The van der Waals surface area contributed by atoms with E-state index in [1.165, 1.54) is 6.07 Å². The summed E-state index contributed by atoms with van der Waals surface area (Å²) in [5.41, 5.74) is 3.10. The van der Waals surface area contributed by atoms with Crippen molar-refractivity contribution >= 4 is 53.1 Å². The highest BCUT2D eigenvalue weighted by Gasteiger charge is 2.40. The smallest absolute Gasteiger partial charge is 0.256 e. The van der Waals surface area contributed by atoms with Crippen molar-refractivity contribution in [2.75, 3.05) is 38.3 Å². The number of fused-ring (bicyclic) bond motifs is 1. The zero-order valence-electron chi connectivity index (χ0n) is 31.1. The second-order valence-corrected chi connectivity index (χ2v) is 15.1. The highest BCUT2D eigenvalue weighted by atomic mass is 35.5. The topological polar surface area (TPSA) is 89.1 Å². The van der Waals surface area contributed by atoms with Gasteiger partial charge in [-0.25, -0.2) is 4.39 Å². The molecular formula is C42H49Cl3FN3O5. The van der Waals surface area contributed by atoms with Gasteiger partial charge in [-0.3, -0.25) is 9.59 Å². The molecule has 0 unspecified atom stereocenters. The number of carbonyl (C=O) groups excluding carboxylic acids is 2.